The summed E-state index contributed by atoms with van der Waals surface area (Å²) in [6.45, 7) is 0.729. The Bertz CT molecular complexity index is 472. The van der Waals surface area contributed by atoms with Gasteiger partial charge in [-0.3, -0.25) is 9.78 Å². The summed E-state index contributed by atoms with van der Waals surface area (Å²) in [5.74, 6) is -0.0735. The standard InChI is InChI=1S/C14H20ClN3O/c1-17(2)14(6-4-7-14)10-18(3)13(19)12-9-11(15)5-8-16-12/h5,8-9H,4,6-7,10H2,1-3H3. The molecule has 1 heterocycles. The van der Waals surface area contributed by atoms with Crippen molar-refractivity contribution in [3.63, 3.8) is 0 Å². The Kier molecular flexibility index (Phi) is 4.11. The van der Waals surface area contributed by atoms with Crippen molar-refractivity contribution in [2.24, 2.45) is 0 Å². The number of carbonyl (C=O) groups is 1. The van der Waals surface area contributed by atoms with Crippen molar-refractivity contribution in [2.45, 2.75) is 24.8 Å². The zero-order chi connectivity index (χ0) is 14.0. The zero-order valence-electron chi connectivity index (χ0n) is 11.7. The van der Waals surface area contributed by atoms with Crippen LogP contribution in [0.15, 0.2) is 18.3 Å². The van der Waals surface area contributed by atoms with Crippen molar-refractivity contribution in [1.82, 2.24) is 14.8 Å². The van der Waals surface area contributed by atoms with Crippen LogP contribution in [0.1, 0.15) is 29.8 Å². The van der Waals surface area contributed by atoms with Gasteiger partial charge in [0.25, 0.3) is 5.91 Å². The van der Waals surface area contributed by atoms with Crippen LogP contribution in [0.2, 0.25) is 5.02 Å². The molecule has 0 bridgehead atoms. The van der Waals surface area contributed by atoms with Gasteiger partial charge in [0.1, 0.15) is 5.69 Å². The van der Waals surface area contributed by atoms with Crippen LogP contribution in [0.4, 0.5) is 0 Å². The number of nitrogens with zero attached hydrogens (tertiary/aromatic N) is 3. The minimum absolute atomic E-state index is 0.0735. The second-order valence-corrected chi connectivity index (χ2v) is 5.93. The van der Waals surface area contributed by atoms with Gasteiger partial charge in [-0.2, -0.15) is 0 Å². The fourth-order valence-electron chi connectivity index (χ4n) is 2.56. The highest BCUT2D eigenvalue weighted by Crippen LogP contribution is 2.36. The van der Waals surface area contributed by atoms with E-state index in [1.165, 1.54) is 6.42 Å². The van der Waals surface area contributed by atoms with Gasteiger partial charge in [-0.1, -0.05) is 11.6 Å². The smallest absolute Gasteiger partial charge is 0.272 e. The Morgan fingerprint density at radius 2 is 2.11 bits per heavy atom. The molecule has 4 nitrogen and oxygen atoms in total. The minimum Gasteiger partial charge on any atom is -0.339 e. The molecule has 104 valence electrons. The number of hydrogen-bond donors (Lipinski definition) is 0. The molecule has 2 rings (SSSR count). The monoisotopic (exact) mass is 281 g/mol. The lowest BCUT2D eigenvalue weighted by atomic mass is 9.75. The summed E-state index contributed by atoms with van der Waals surface area (Å²) >= 11 is 5.90. The lowest BCUT2D eigenvalue weighted by Crippen LogP contribution is -2.57. The highest BCUT2D eigenvalue weighted by molar-refractivity contribution is 6.30. The van der Waals surface area contributed by atoms with E-state index in [-0.39, 0.29) is 11.4 Å². The maximum atomic E-state index is 12.3. The average molecular weight is 282 g/mol. The van der Waals surface area contributed by atoms with E-state index in [9.17, 15) is 4.79 Å². The van der Waals surface area contributed by atoms with Crippen molar-refractivity contribution < 1.29 is 4.79 Å². The van der Waals surface area contributed by atoms with Crippen LogP contribution in [0.25, 0.3) is 0 Å². The van der Waals surface area contributed by atoms with Gasteiger partial charge in [0.15, 0.2) is 0 Å². The number of likely N-dealkylation sites (N-methyl/N-ethyl adjacent to an activating group) is 2. The van der Waals surface area contributed by atoms with Crippen LogP contribution in [0, 0.1) is 0 Å². The molecule has 0 spiro atoms. The first kappa shape index (κ1) is 14.3. The summed E-state index contributed by atoms with van der Waals surface area (Å²) < 4.78 is 0. The molecule has 1 aliphatic carbocycles. The normalized spacial score (nSPS) is 17.1. The highest BCUT2D eigenvalue weighted by Gasteiger charge is 2.40. The van der Waals surface area contributed by atoms with Crippen molar-refractivity contribution in [3.8, 4) is 0 Å². The lowest BCUT2D eigenvalue weighted by molar-refractivity contribution is 0.0250. The molecule has 0 atom stereocenters. The van der Waals surface area contributed by atoms with Gasteiger partial charge in [-0.15, -0.1) is 0 Å². The predicted octanol–water partition coefficient (Wildman–Crippen LogP) is 2.29. The maximum Gasteiger partial charge on any atom is 0.272 e. The van der Waals surface area contributed by atoms with Crippen LogP contribution < -0.4 is 0 Å². The number of aromatic nitrogens is 1. The van der Waals surface area contributed by atoms with E-state index in [0.717, 1.165) is 19.4 Å². The van der Waals surface area contributed by atoms with Crippen LogP contribution >= 0.6 is 11.6 Å². The van der Waals surface area contributed by atoms with Crippen molar-refractivity contribution >= 4 is 17.5 Å². The van der Waals surface area contributed by atoms with E-state index in [4.69, 9.17) is 11.6 Å². The average Bonchev–Trinajstić information content (AvgIpc) is 2.32. The van der Waals surface area contributed by atoms with E-state index in [1.54, 1.807) is 23.2 Å². The molecule has 0 N–H and O–H groups in total. The largest absolute Gasteiger partial charge is 0.339 e. The molecule has 5 heteroatoms. The first-order valence-electron chi connectivity index (χ1n) is 6.49. The Morgan fingerprint density at radius 3 is 2.58 bits per heavy atom. The number of hydrogen-bond acceptors (Lipinski definition) is 3. The second kappa shape index (κ2) is 5.47. The van der Waals surface area contributed by atoms with Crippen LogP contribution in [-0.4, -0.2) is 53.9 Å². The van der Waals surface area contributed by atoms with E-state index in [1.807, 2.05) is 7.05 Å². The van der Waals surface area contributed by atoms with E-state index >= 15 is 0 Å². The summed E-state index contributed by atoms with van der Waals surface area (Å²) in [6.07, 6.45) is 5.07. The summed E-state index contributed by atoms with van der Waals surface area (Å²) in [5.41, 5.74) is 0.534. The first-order chi connectivity index (χ1) is 8.94. The van der Waals surface area contributed by atoms with Crippen LogP contribution in [0.3, 0.4) is 0 Å². The Morgan fingerprint density at radius 1 is 1.42 bits per heavy atom. The minimum atomic E-state index is -0.0735. The number of amides is 1. The Hall–Kier alpha value is -1.13. The number of rotatable bonds is 4. The van der Waals surface area contributed by atoms with Crippen molar-refractivity contribution in [2.75, 3.05) is 27.7 Å². The van der Waals surface area contributed by atoms with Gasteiger partial charge >= 0.3 is 0 Å². The number of carbonyl (C=O) groups excluding carboxylic acids is 1. The third-order valence-corrected chi connectivity index (χ3v) is 4.29. The second-order valence-electron chi connectivity index (χ2n) is 5.49. The van der Waals surface area contributed by atoms with Gasteiger partial charge in [0, 0.05) is 30.4 Å². The van der Waals surface area contributed by atoms with Gasteiger partial charge in [0.2, 0.25) is 0 Å². The molecule has 1 amide bonds. The number of halogens is 1. The summed E-state index contributed by atoms with van der Waals surface area (Å²) in [5, 5.41) is 0.540. The maximum absolute atomic E-state index is 12.3. The third-order valence-electron chi connectivity index (χ3n) is 4.05. The predicted molar refractivity (Wildman–Crippen MR) is 76.5 cm³/mol. The molecular weight excluding hydrogens is 262 g/mol. The fraction of sp³-hybridized carbons (Fsp3) is 0.571. The molecule has 1 aliphatic rings. The molecular formula is C14H20ClN3O. The third kappa shape index (κ3) is 2.90. The quantitative estimate of drug-likeness (QED) is 0.850. The Labute approximate surface area is 119 Å². The van der Waals surface area contributed by atoms with Gasteiger partial charge in [-0.05, 0) is 45.5 Å². The Balaban J connectivity index is 2.07. The summed E-state index contributed by atoms with van der Waals surface area (Å²) in [4.78, 5) is 20.4. The van der Waals surface area contributed by atoms with Crippen LogP contribution in [-0.2, 0) is 0 Å². The SMILES string of the molecule is CN(CC1(N(C)C)CCC1)C(=O)c1cc(Cl)ccn1. The molecule has 1 aromatic heterocycles. The molecule has 0 saturated heterocycles. The van der Waals surface area contributed by atoms with E-state index in [0.29, 0.717) is 10.7 Å². The van der Waals surface area contributed by atoms with E-state index < -0.39 is 0 Å². The van der Waals surface area contributed by atoms with Crippen molar-refractivity contribution in [1.29, 1.82) is 0 Å². The lowest BCUT2D eigenvalue weighted by Gasteiger charge is -2.49. The van der Waals surface area contributed by atoms with Gasteiger partial charge in [0.05, 0.1) is 0 Å². The molecule has 0 aliphatic heterocycles. The molecule has 0 unspecified atom stereocenters. The molecule has 0 radical (unpaired) electrons. The summed E-state index contributed by atoms with van der Waals surface area (Å²) in [6, 6.07) is 3.29. The fourth-order valence-corrected chi connectivity index (χ4v) is 2.72. The van der Waals surface area contributed by atoms with E-state index in [2.05, 4.69) is 24.0 Å². The van der Waals surface area contributed by atoms with Crippen LogP contribution in [0.5, 0.6) is 0 Å². The molecule has 19 heavy (non-hydrogen) atoms. The topological polar surface area (TPSA) is 36.4 Å². The van der Waals surface area contributed by atoms with Gasteiger partial charge in [-0.25, -0.2) is 0 Å². The first-order valence-corrected chi connectivity index (χ1v) is 6.87. The zero-order valence-corrected chi connectivity index (χ0v) is 12.4. The number of pyridine rings is 1. The van der Waals surface area contributed by atoms with Gasteiger partial charge < -0.3 is 9.80 Å². The molecule has 1 aromatic rings. The molecule has 0 aromatic carbocycles. The van der Waals surface area contributed by atoms with Crippen molar-refractivity contribution in [3.05, 3.63) is 29.0 Å². The molecule has 1 fully saturated rings. The highest BCUT2D eigenvalue weighted by atomic mass is 35.5. The molecule has 1 saturated carbocycles. The summed E-state index contributed by atoms with van der Waals surface area (Å²) in [7, 11) is 5.98.